The third-order valence-corrected chi connectivity index (χ3v) is 3.71. The second kappa shape index (κ2) is 7.49. The van der Waals surface area contributed by atoms with E-state index in [-0.39, 0.29) is 41.9 Å². The van der Waals surface area contributed by atoms with Gasteiger partial charge in [-0.1, -0.05) is 6.92 Å². The molecule has 0 spiro atoms. The van der Waals surface area contributed by atoms with Crippen molar-refractivity contribution in [3.8, 4) is 0 Å². The molecular formula is C10H17ClN2O5S. The number of furan rings is 1. The van der Waals surface area contributed by atoms with Crippen LogP contribution in [0.3, 0.4) is 0 Å². The number of hydrogen-bond acceptors (Lipinski definition) is 6. The van der Waals surface area contributed by atoms with Crippen LogP contribution in [0.4, 0.5) is 0 Å². The molecule has 0 amide bonds. The van der Waals surface area contributed by atoms with Crippen molar-refractivity contribution in [1.82, 2.24) is 4.72 Å². The number of halogens is 1. The third kappa shape index (κ3) is 4.20. The standard InChI is InChI=1S/C10H16N2O5S.ClH/c1-3-7-9(18(14,15)12-5-4-11)6-8(17-7)10(13)16-2;/h6,12H,3-5,11H2,1-2H3;1H. The first-order chi connectivity index (χ1) is 8.46. The Kier molecular flexibility index (Phi) is 7.06. The topological polar surface area (TPSA) is 112 Å². The largest absolute Gasteiger partial charge is 0.463 e. The summed E-state index contributed by atoms with van der Waals surface area (Å²) in [6.45, 7) is 2.02. The van der Waals surface area contributed by atoms with Gasteiger partial charge < -0.3 is 14.9 Å². The molecule has 0 aromatic carbocycles. The van der Waals surface area contributed by atoms with Crippen LogP contribution in [0.15, 0.2) is 15.4 Å². The highest BCUT2D eigenvalue weighted by atomic mass is 35.5. The number of ether oxygens (including phenoxy) is 1. The number of carbonyl (C=O) groups excluding carboxylic acids is 1. The van der Waals surface area contributed by atoms with Gasteiger partial charge >= 0.3 is 5.97 Å². The predicted octanol–water partition coefficient (Wildman–Crippen LogP) is 0.287. The molecule has 7 nitrogen and oxygen atoms in total. The van der Waals surface area contributed by atoms with Gasteiger partial charge in [0.1, 0.15) is 10.7 Å². The lowest BCUT2D eigenvalue weighted by Gasteiger charge is -2.03. The van der Waals surface area contributed by atoms with Gasteiger partial charge in [0, 0.05) is 25.6 Å². The highest BCUT2D eigenvalue weighted by Crippen LogP contribution is 2.21. The molecule has 1 rings (SSSR count). The monoisotopic (exact) mass is 312 g/mol. The Morgan fingerprint density at radius 3 is 2.63 bits per heavy atom. The van der Waals surface area contributed by atoms with Crippen molar-refractivity contribution in [3.63, 3.8) is 0 Å². The second-order valence-electron chi connectivity index (χ2n) is 3.43. The molecule has 3 N–H and O–H groups in total. The molecule has 9 heteroatoms. The molecule has 0 radical (unpaired) electrons. The average Bonchev–Trinajstić information content (AvgIpc) is 2.80. The van der Waals surface area contributed by atoms with E-state index in [2.05, 4.69) is 9.46 Å². The van der Waals surface area contributed by atoms with Gasteiger partial charge in [-0.15, -0.1) is 12.4 Å². The Labute approximate surface area is 117 Å². The van der Waals surface area contributed by atoms with Gasteiger partial charge in [0.2, 0.25) is 15.8 Å². The first-order valence-corrected chi connectivity index (χ1v) is 6.85. The van der Waals surface area contributed by atoms with Crippen molar-refractivity contribution >= 4 is 28.4 Å². The lowest BCUT2D eigenvalue weighted by atomic mass is 10.3. The summed E-state index contributed by atoms with van der Waals surface area (Å²) >= 11 is 0. The lowest BCUT2D eigenvalue weighted by molar-refractivity contribution is 0.0563. The molecule has 0 fully saturated rings. The number of carbonyl (C=O) groups is 1. The minimum absolute atomic E-state index is 0. The summed E-state index contributed by atoms with van der Waals surface area (Å²) < 4.78 is 35.8. The minimum Gasteiger partial charge on any atom is -0.463 e. The van der Waals surface area contributed by atoms with E-state index in [1.54, 1.807) is 6.92 Å². The SMILES string of the molecule is CCc1oc(C(=O)OC)cc1S(=O)(=O)NCCN.Cl. The molecule has 1 heterocycles. The van der Waals surface area contributed by atoms with Crippen LogP contribution in [-0.4, -0.2) is 34.6 Å². The molecule has 0 saturated heterocycles. The van der Waals surface area contributed by atoms with Crippen molar-refractivity contribution in [2.24, 2.45) is 5.73 Å². The Morgan fingerprint density at radius 1 is 1.53 bits per heavy atom. The number of esters is 1. The second-order valence-corrected chi connectivity index (χ2v) is 5.17. The number of hydrogen-bond donors (Lipinski definition) is 2. The van der Waals surface area contributed by atoms with E-state index in [4.69, 9.17) is 10.2 Å². The third-order valence-electron chi connectivity index (χ3n) is 2.20. The van der Waals surface area contributed by atoms with E-state index in [9.17, 15) is 13.2 Å². The fourth-order valence-electron chi connectivity index (χ4n) is 1.36. The van der Waals surface area contributed by atoms with Crippen LogP contribution in [-0.2, 0) is 21.2 Å². The zero-order valence-electron chi connectivity index (χ0n) is 10.6. The maximum absolute atomic E-state index is 11.9. The highest BCUT2D eigenvalue weighted by molar-refractivity contribution is 7.89. The van der Waals surface area contributed by atoms with Crippen LogP contribution in [0, 0.1) is 0 Å². The van der Waals surface area contributed by atoms with Crippen LogP contribution in [0.5, 0.6) is 0 Å². The van der Waals surface area contributed by atoms with Gasteiger partial charge in [-0.2, -0.15) is 0 Å². The quantitative estimate of drug-likeness (QED) is 0.730. The summed E-state index contributed by atoms with van der Waals surface area (Å²) in [5, 5.41) is 0. The number of methoxy groups -OCH3 is 1. The molecule has 1 aromatic heterocycles. The number of rotatable bonds is 6. The van der Waals surface area contributed by atoms with Gasteiger partial charge in [0.15, 0.2) is 0 Å². The van der Waals surface area contributed by atoms with Gasteiger partial charge in [-0.05, 0) is 0 Å². The molecule has 0 aliphatic rings. The number of aryl methyl sites for hydroxylation is 1. The maximum atomic E-state index is 11.9. The maximum Gasteiger partial charge on any atom is 0.373 e. The zero-order chi connectivity index (χ0) is 13.8. The predicted molar refractivity (Wildman–Crippen MR) is 70.9 cm³/mol. The summed E-state index contributed by atoms with van der Waals surface area (Å²) in [4.78, 5) is 11.2. The van der Waals surface area contributed by atoms with Crippen molar-refractivity contribution in [2.45, 2.75) is 18.2 Å². The summed E-state index contributed by atoms with van der Waals surface area (Å²) in [6.07, 6.45) is 0.343. The van der Waals surface area contributed by atoms with E-state index < -0.39 is 16.0 Å². The number of sulfonamides is 1. The zero-order valence-corrected chi connectivity index (χ0v) is 12.3. The van der Waals surface area contributed by atoms with E-state index in [1.807, 2.05) is 0 Å². The van der Waals surface area contributed by atoms with Crippen LogP contribution < -0.4 is 10.5 Å². The van der Waals surface area contributed by atoms with Crippen LogP contribution >= 0.6 is 12.4 Å². The molecule has 110 valence electrons. The summed E-state index contributed by atoms with van der Waals surface area (Å²) in [6, 6.07) is 1.16. The molecule has 0 unspecified atom stereocenters. The lowest BCUT2D eigenvalue weighted by Crippen LogP contribution is -2.29. The van der Waals surface area contributed by atoms with Crippen LogP contribution in [0.25, 0.3) is 0 Å². The van der Waals surface area contributed by atoms with Gasteiger partial charge in [0.05, 0.1) is 7.11 Å². The smallest absolute Gasteiger partial charge is 0.373 e. The number of nitrogens with one attached hydrogen (secondary N) is 1. The minimum atomic E-state index is -3.72. The highest BCUT2D eigenvalue weighted by Gasteiger charge is 2.25. The molecular weight excluding hydrogens is 296 g/mol. The van der Waals surface area contributed by atoms with Crippen molar-refractivity contribution in [1.29, 1.82) is 0 Å². The normalized spacial score (nSPS) is 10.9. The van der Waals surface area contributed by atoms with Crippen LogP contribution in [0.1, 0.15) is 23.2 Å². The molecule has 0 atom stereocenters. The molecule has 19 heavy (non-hydrogen) atoms. The van der Waals surface area contributed by atoms with E-state index in [0.717, 1.165) is 6.07 Å². The van der Waals surface area contributed by atoms with Crippen molar-refractivity contribution in [3.05, 3.63) is 17.6 Å². The van der Waals surface area contributed by atoms with E-state index in [1.165, 1.54) is 7.11 Å². The Morgan fingerprint density at radius 2 is 2.16 bits per heavy atom. The summed E-state index contributed by atoms with van der Waals surface area (Å²) in [5.74, 6) is -0.646. The van der Waals surface area contributed by atoms with Crippen molar-refractivity contribution < 1.29 is 22.4 Å². The van der Waals surface area contributed by atoms with Gasteiger partial charge in [0.25, 0.3) is 0 Å². The fraction of sp³-hybridized carbons (Fsp3) is 0.500. The molecule has 0 aliphatic heterocycles. The first kappa shape index (κ1) is 17.9. The number of nitrogens with two attached hydrogens (primary N) is 1. The summed E-state index contributed by atoms with van der Waals surface area (Å²) in [7, 11) is -2.53. The summed E-state index contributed by atoms with van der Waals surface area (Å²) in [5.41, 5.74) is 5.23. The Bertz CT molecular complexity index is 526. The fourth-order valence-corrected chi connectivity index (χ4v) is 2.65. The van der Waals surface area contributed by atoms with Crippen molar-refractivity contribution in [2.75, 3.05) is 20.2 Å². The molecule has 0 bridgehead atoms. The first-order valence-electron chi connectivity index (χ1n) is 5.37. The van der Waals surface area contributed by atoms with E-state index >= 15 is 0 Å². The van der Waals surface area contributed by atoms with Gasteiger partial charge in [-0.3, -0.25) is 0 Å². The average molecular weight is 313 g/mol. The molecule has 1 aromatic rings. The van der Waals surface area contributed by atoms with E-state index in [0.29, 0.717) is 6.42 Å². The Balaban J connectivity index is 0.00000324. The Hall–Kier alpha value is -1.09. The van der Waals surface area contributed by atoms with Crippen LogP contribution in [0.2, 0.25) is 0 Å². The molecule has 0 aliphatic carbocycles. The van der Waals surface area contributed by atoms with Gasteiger partial charge in [-0.25, -0.2) is 17.9 Å². The molecule has 0 saturated carbocycles.